The van der Waals surface area contributed by atoms with Gasteiger partial charge in [-0.25, -0.2) is 0 Å². The second-order valence-corrected chi connectivity index (χ2v) is 3.49. The number of aryl methyl sites for hydroxylation is 1. The Labute approximate surface area is 86.9 Å². The lowest BCUT2D eigenvalue weighted by Gasteiger charge is -1.94. The molecule has 0 fully saturated rings. The van der Waals surface area contributed by atoms with Crippen LogP contribution in [0, 0.1) is 0 Å². The molecule has 0 saturated carbocycles. The predicted molar refractivity (Wildman–Crippen MR) is 57.9 cm³/mol. The molecule has 0 radical (unpaired) electrons. The van der Waals surface area contributed by atoms with Crippen LogP contribution in [-0.2, 0) is 6.42 Å². The van der Waals surface area contributed by atoms with E-state index >= 15 is 0 Å². The van der Waals surface area contributed by atoms with Gasteiger partial charge in [0.25, 0.3) is 5.24 Å². The van der Waals surface area contributed by atoms with Gasteiger partial charge in [-0.3, -0.25) is 4.79 Å². The molecule has 2 aromatic rings. The van der Waals surface area contributed by atoms with Gasteiger partial charge in [0, 0.05) is 10.9 Å². The van der Waals surface area contributed by atoms with Crippen molar-refractivity contribution in [1.29, 1.82) is 0 Å². The van der Waals surface area contributed by atoms with E-state index in [2.05, 4.69) is 4.98 Å². The van der Waals surface area contributed by atoms with Gasteiger partial charge in [0.1, 0.15) is 5.69 Å². The lowest BCUT2D eigenvalue weighted by Crippen LogP contribution is -1.93. The highest BCUT2D eigenvalue weighted by Gasteiger charge is 2.13. The maximum absolute atomic E-state index is 11.1. The van der Waals surface area contributed by atoms with E-state index in [1.165, 1.54) is 0 Å². The molecule has 0 aliphatic carbocycles. The third-order valence-corrected chi connectivity index (χ3v) is 2.55. The number of fused-ring (bicyclic) bond motifs is 1. The number of benzene rings is 1. The summed E-state index contributed by atoms with van der Waals surface area (Å²) in [7, 11) is 0. The Morgan fingerprint density at radius 2 is 2.14 bits per heavy atom. The van der Waals surface area contributed by atoms with Gasteiger partial charge in [-0.2, -0.15) is 0 Å². The molecule has 0 unspecified atom stereocenters. The summed E-state index contributed by atoms with van der Waals surface area (Å²) in [5.41, 5.74) is 2.49. The van der Waals surface area contributed by atoms with Crippen LogP contribution in [0.4, 0.5) is 0 Å². The summed E-state index contributed by atoms with van der Waals surface area (Å²) >= 11 is 5.49. The molecule has 0 aliphatic rings. The minimum Gasteiger partial charge on any atom is -0.351 e. The van der Waals surface area contributed by atoms with Crippen LogP contribution in [0.15, 0.2) is 24.3 Å². The van der Waals surface area contributed by atoms with E-state index in [9.17, 15) is 4.79 Å². The molecule has 2 rings (SSSR count). The fourth-order valence-corrected chi connectivity index (χ4v) is 1.90. The van der Waals surface area contributed by atoms with Gasteiger partial charge in [0.15, 0.2) is 0 Å². The summed E-state index contributed by atoms with van der Waals surface area (Å²) in [6.45, 7) is 2.01. The smallest absolute Gasteiger partial charge is 0.268 e. The zero-order valence-electron chi connectivity index (χ0n) is 7.80. The molecule has 1 aromatic carbocycles. The van der Waals surface area contributed by atoms with Crippen molar-refractivity contribution in [1.82, 2.24) is 4.98 Å². The van der Waals surface area contributed by atoms with Crippen LogP contribution in [0.2, 0.25) is 0 Å². The number of carbonyl (C=O) groups excluding carboxylic acids is 1. The highest BCUT2D eigenvalue weighted by atomic mass is 35.5. The number of hydrogen-bond acceptors (Lipinski definition) is 1. The van der Waals surface area contributed by atoms with E-state index in [1.807, 2.05) is 31.2 Å². The van der Waals surface area contributed by atoms with E-state index in [4.69, 9.17) is 11.6 Å². The molecule has 0 saturated heterocycles. The third kappa shape index (κ3) is 1.32. The molecule has 14 heavy (non-hydrogen) atoms. The first-order valence-electron chi connectivity index (χ1n) is 4.53. The van der Waals surface area contributed by atoms with Crippen molar-refractivity contribution in [3.63, 3.8) is 0 Å². The van der Waals surface area contributed by atoms with Crippen molar-refractivity contribution < 1.29 is 4.79 Å². The third-order valence-electron chi connectivity index (χ3n) is 2.36. The van der Waals surface area contributed by atoms with Gasteiger partial charge in [0.2, 0.25) is 0 Å². The van der Waals surface area contributed by atoms with Crippen LogP contribution in [0.25, 0.3) is 10.9 Å². The minimum atomic E-state index is -0.418. The van der Waals surface area contributed by atoms with Crippen molar-refractivity contribution in [2.75, 3.05) is 0 Å². The molecule has 0 bridgehead atoms. The van der Waals surface area contributed by atoms with Gasteiger partial charge in [-0.1, -0.05) is 25.1 Å². The molecule has 1 aromatic heterocycles. The monoisotopic (exact) mass is 207 g/mol. The number of halogens is 1. The van der Waals surface area contributed by atoms with Crippen LogP contribution in [0.1, 0.15) is 23.0 Å². The van der Waals surface area contributed by atoms with Gasteiger partial charge in [0.05, 0.1) is 0 Å². The van der Waals surface area contributed by atoms with E-state index in [0.29, 0.717) is 5.69 Å². The lowest BCUT2D eigenvalue weighted by atomic mass is 10.1. The van der Waals surface area contributed by atoms with Crippen LogP contribution in [0.5, 0.6) is 0 Å². The Kier molecular flexibility index (Phi) is 2.30. The highest BCUT2D eigenvalue weighted by molar-refractivity contribution is 6.67. The molecular weight excluding hydrogens is 198 g/mol. The van der Waals surface area contributed by atoms with Gasteiger partial charge < -0.3 is 4.98 Å². The molecule has 0 aliphatic heterocycles. The van der Waals surface area contributed by atoms with Crippen LogP contribution in [-0.4, -0.2) is 10.2 Å². The van der Waals surface area contributed by atoms with Gasteiger partial charge in [-0.15, -0.1) is 0 Å². The second kappa shape index (κ2) is 3.46. The van der Waals surface area contributed by atoms with Crippen molar-refractivity contribution in [2.45, 2.75) is 13.3 Å². The van der Waals surface area contributed by atoms with Crippen molar-refractivity contribution >= 4 is 27.7 Å². The summed E-state index contributed by atoms with van der Waals surface area (Å²) in [6, 6.07) is 7.82. The first kappa shape index (κ1) is 9.28. The second-order valence-electron chi connectivity index (χ2n) is 3.15. The quantitative estimate of drug-likeness (QED) is 0.755. The first-order chi connectivity index (χ1) is 6.74. The number of para-hydroxylation sites is 1. The zero-order chi connectivity index (χ0) is 10.1. The molecule has 3 heteroatoms. The Morgan fingerprint density at radius 1 is 1.43 bits per heavy atom. The summed E-state index contributed by atoms with van der Waals surface area (Å²) in [4.78, 5) is 14.2. The number of nitrogens with one attached hydrogen (secondary N) is 1. The average molecular weight is 208 g/mol. The first-order valence-corrected chi connectivity index (χ1v) is 4.91. The maximum atomic E-state index is 11.1. The van der Waals surface area contributed by atoms with Crippen LogP contribution < -0.4 is 0 Å². The fraction of sp³-hybridized carbons (Fsp3) is 0.182. The van der Waals surface area contributed by atoms with E-state index in [-0.39, 0.29) is 0 Å². The SMILES string of the molecule is CCc1c(C(=O)Cl)[nH]c2ccccc12. The van der Waals surface area contributed by atoms with Gasteiger partial charge in [-0.05, 0) is 29.7 Å². The Balaban J connectivity index is 2.78. The normalized spacial score (nSPS) is 10.7. The summed E-state index contributed by atoms with van der Waals surface area (Å²) in [6.07, 6.45) is 0.803. The molecule has 1 N–H and O–H groups in total. The number of hydrogen-bond donors (Lipinski definition) is 1. The standard InChI is InChI=1S/C11H10ClNO/c1-2-7-8-5-3-4-6-9(8)13-10(7)11(12)14/h3-6,13H,2H2,1H3. The molecule has 2 nitrogen and oxygen atoms in total. The Bertz CT molecular complexity index is 487. The predicted octanol–water partition coefficient (Wildman–Crippen LogP) is 3.11. The highest BCUT2D eigenvalue weighted by Crippen LogP contribution is 2.23. The molecule has 1 heterocycles. The van der Waals surface area contributed by atoms with E-state index < -0.39 is 5.24 Å². The van der Waals surface area contributed by atoms with Crippen LogP contribution in [0.3, 0.4) is 0 Å². The number of aromatic nitrogens is 1. The molecule has 72 valence electrons. The lowest BCUT2D eigenvalue weighted by molar-refractivity contribution is 0.107. The minimum absolute atomic E-state index is 0.418. The summed E-state index contributed by atoms with van der Waals surface area (Å²) < 4.78 is 0. The zero-order valence-corrected chi connectivity index (χ0v) is 8.56. The average Bonchev–Trinajstić information content (AvgIpc) is 2.56. The Morgan fingerprint density at radius 3 is 2.79 bits per heavy atom. The number of aromatic amines is 1. The van der Waals surface area contributed by atoms with Crippen LogP contribution >= 0.6 is 11.6 Å². The molecular formula is C11H10ClNO. The van der Waals surface area contributed by atoms with Crippen molar-refractivity contribution in [3.05, 3.63) is 35.5 Å². The largest absolute Gasteiger partial charge is 0.351 e. The summed E-state index contributed by atoms with van der Waals surface area (Å²) in [5, 5.41) is 0.664. The molecule has 0 atom stereocenters. The number of H-pyrrole nitrogens is 1. The van der Waals surface area contributed by atoms with Crippen molar-refractivity contribution in [3.8, 4) is 0 Å². The fourth-order valence-electron chi connectivity index (χ4n) is 1.74. The topological polar surface area (TPSA) is 32.9 Å². The molecule has 0 amide bonds. The molecule has 0 spiro atoms. The number of rotatable bonds is 2. The Hall–Kier alpha value is -1.28. The van der Waals surface area contributed by atoms with E-state index in [1.54, 1.807) is 0 Å². The van der Waals surface area contributed by atoms with Crippen molar-refractivity contribution in [2.24, 2.45) is 0 Å². The number of carbonyl (C=O) groups is 1. The maximum Gasteiger partial charge on any atom is 0.268 e. The van der Waals surface area contributed by atoms with E-state index in [0.717, 1.165) is 22.9 Å². The van der Waals surface area contributed by atoms with Gasteiger partial charge >= 0.3 is 0 Å². The summed E-state index contributed by atoms with van der Waals surface area (Å²) in [5.74, 6) is 0.